The summed E-state index contributed by atoms with van der Waals surface area (Å²) in [6.07, 6.45) is 0. The number of nitrogens with one attached hydrogen (secondary N) is 1. The van der Waals surface area contributed by atoms with Gasteiger partial charge >= 0.3 is 11.9 Å². The molecule has 1 aromatic rings. The Labute approximate surface area is 152 Å². The van der Waals surface area contributed by atoms with Gasteiger partial charge in [0.15, 0.2) is 11.5 Å². The third-order valence-corrected chi connectivity index (χ3v) is 4.23. The van der Waals surface area contributed by atoms with E-state index in [1.165, 1.54) is 14.2 Å². The van der Waals surface area contributed by atoms with Crippen molar-refractivity contribution in [3.05, 3.63) is 46.3 Å². The van der Waals surface area contributed by atoms with Crippen LogP contribution in [0.2, 0.25) is 0 Å². The lowest BCUT2D eigenvalue weighted by atomic mass is 9.80. The fourth-order valence-electron chi connectivity index (χ4n) is 3.12. The van der Waals surface area contributed by atoms with E-state index in [0.717, 1.165) is 0 Å². The Morgan fingerprint density at radius 1 is 1.08 bits per heavy atom. The van der Waals surface area contributed by atoms with Crippen molar-refractivity contribution in [1.29, 1.82) is 0 Å². The van der Waals surface area contributed by atoms with Crippen molar-refractivity contribution in [2.24, 2.45) is 0 Å². The minimum absolute atomic E-state index is 0.0888. The van der Waals surface area contributed by atoms with Gasteiger partial charge in [-0.2, -0.15) is 0 Å². The van der Waals surface area contributed by atoms with Crippen LogP contribution in [-0.4, -0.2) is 37.9 Å². The van der Waals surface area contributed by atoms with Gasteiger partial charge in [0, 0.05) is 11.4 Å². The molecular weight excluding hydrogens is 338 g/mol. The number of esters is 1. The van der Waals surface area contributed by atoms with E-state index in [4.69, 9.17) is 14.2 Å². The summed E-state index contributed by atoms with van der Waals surface area (Å²) < 4.78 is 15.7. The molecule has 0 saturated carbocycles. The predicted molar refractivity (Wildman–Crippen MR) is 95.1 cm³/mol. The zero-order chi connectivity index (χ0) is 19.4. The molecule has 1 heterocycles. The van der Waals surface area contributed by atoms with Gasteiger partial charge in [-0.05, 0) is 38.5 Å². The van der Waals surface area contributed by atoms with Crippen LogP contribution in [-0.2, 0) is 14.3 Å². The number of carbonyl (C=O) groups excluding carboxylic acids is 1. The molecule has 7 heteroatoms. The first-order valence-corrected chi connectivity index (χ1v) is 8.16. The maximum Gasteiger partial charge on any atom is 0.336 e. The third kappa shape index (κ3) is 3.51. The van der Waals surface area contributed by atoms with Crippen molar-refractivity contribution in [3.63, 3.8) is 0 Å². The number of ether oxygens (including phenoxy) is 3. The van der Waals surface area contributed by atoms with Crippen LogP contribution in [0.3, 0.4) is 0 Å². The highest BCUT2D eigenvalue weighted by Gasteiger charge is 2.37. The number of rotatable bonds is 6. The highest BCUT2D eigenvalue weighted by molar-refractivity contribution is 5.99. The minimum Gasteiger partial charge on any atom is -0.493 e. The zero-order valence-corrected chi connectivity index (χ0v) is 15.5. The maximum absolute atomic E-state index is 12.6. The van der Waals surface area contributed by atoms with Gasteiger partial charge in [0.05, 0.1) is 37.9 Å². The van der Waals surface area contributed by atoms with Crippen LogP contribution in [0.5, 0.6) is 11.5 Å². The molecule has 0 spiro atoms. The third-order valence-electron chi connectivity index (χ3n) is 4.23. The fourth-order valence-corrected chi connectivity index (χ4v) is 3.12. The summed E-state index contributed by atoms with van der Waals surface area (Å²) in [5.74, 6) is -1.48. The second-order valence-electron chi connectivity index (χ2n) is 5.78. The van der Waals surface area contributed by atoms with Crippen LogP contribution in [0.25, 0.3) is 0 Å². The molecule has 2 rings (SSSR count). The number of carbonyl (C=O) groups is 2. The van der Waals surface area contributed by atoms with Crippen molar-refractivity contribution < 1.29 is 28.9 Å². The highest BCUT2D eigenvalue weighted by Crippen LogP contribution is 2.41. The molecular formula is C19H23NO6. The Balaban J connectivity index is 2.69. The molecule has 26 heavy (non-hydrogen) atoms. The Kier molecular flexibility index (Phi) is 5.92. The zero-order valence-electron chi connectivity index (χ0n) is 15.5. The molecule has 7 nitrogen and oxygen atoms in total. The van der Waals surface area contributed by atoms with Crippen molar-refractivity contribution in [2.75, 3.05) is 20.8 Å². The first-order chi connectivity index (χ1) is 12.3. The molecule has 1 aromatic carbocycles. The van der Waals surface area contributed by atoms with Gasteiger partial charge in [-0.3, -0.25) is 0 Å². The number of benzene rings is 1. The molecule has 1 unspecified atom stereocenters. The molecule has 0 saturated heterocycles. The average Bonchev–Trinajstić information content (AvgIpc) is 2.60. The molecule has 1 atom stereocenters. The molecule has 0 radical (unpaired) electrons. The lowest BCUT2D eigenvalue weighted by molar-refractivity contribution is -0.138. The van der Waals surface area contributed by atoms with E-state index in [9.17, 15) is 14.7 Å². The predicted octanol–water partition coefficient (Wildman–Crippen LogP) is 2.59. The van der Waals surface area contributed by atoms with Crippen molar-refractivity contribution >= 4 is 11.9 Å². The summed E-state index contributed by atoms with van der Waals surface area (Å²) in [6, 6.07) is 5.08. The number of dihydropyridines is 1. The normalized spacial score (nSPS) is 16.9. The fraction of sp³-hybridized carbons (Fsp3) is 0.368. The van der Waals surface area contributed by atoms with Gasteiger partial charge in [0.2, 0.25) is 0 Å². The molecule has 0 aliphatic carbocycles. The van der Waals surface area contributed by atoms with E-state index in [2.05, 4.69) is 5.32 Å². The van der Waals surface area contributed by atoms with E-state index >= 15 is 0 Å². The monoisotopic (exact) mass is 361 g/mol. The van der Waals surface area contributed by atoms with Crippen LogP contribution >= 0.6 is 0 Å². The van der Waals surface area contributed by atoms with E-state index in [1.807, 2.05) is 0 Å². The van der Waals surface area contributed by atoms with Gasteiger partial charge in [-0.25, -0.2) is 9.59 Å². The van der Waals surface area contributed by atoms with Crippen molar-refractivity contribution in [2.45, 2.75) is 26.7 Å². The van der Waals surface area contributed by atoms with Crippen molar-refractivity contribution in [3.8, 4) is 11.5 Å². The van der Waals surface area contributed by atoms with Crippen LogP contribution < -0.4 is 14.8 Å². The van der Waals surface area contributed by atoms with Crippen LogP contribution in [0, 0.1) is 0 Å². The summed E-state index contributed by atoms with van der Waals surface area (Å²) in [6.45, 7) is 5.29. The molecule has 0 bridgehead atoms. The number of carboxylic acid groups (broad SMARTS) is 1. The number of aliphatic carboxylic acids is 1. The first kappa shape index (κ1) is 19.4. The van der Waals surface area contributed by atoms with E-state index in [-0.39, 0.29) is 17.8 Å². The Bertz CT molecular complexity index is 793. The molecule has 0 amide bonds. The van der Waals surface area contributed by atoms with E-state index < -0.39 is 17.9 Å². The smallest absolute Gasteiger partial charge is 0.336 e. The van der Waals surface area contributed by atoms with Gasteiger partial charge in [0.25, 0.3) is 0 Å². The average molecular weight is 361 g/mol. The molecule has 1 aliphatic rings. The summed E-state index contributed by atoms with van der Waals surface area (Å²) >= 11 is 0. The number of carboxylic acids is 1. The SMILES string of the molecule is CCOC(=O)C1=C(C)NC(C)=C(C(=O)O)C1c1ccc(OC)c(OC)c1. The Hall–Kier alpha value is -2.96. The molecule has 0 aromatic heterocycles. The van der Waals surface area contributed by atoms with Crippen LogP contribution in [0.4, 0.5) is 0 Å². The number of methoxy groups -OCH3 is 2. The van der Waals surface area contributed by atoms with Crippen LogP contribution in [0.1, 0.15) is 32.3 Å². The van der Waals surface area contributed by atoms with E-state index in [0.29, 0.717) is 28.5 Å². The Morgan fingerprint density at radius 3 is 2.23 bits per heavy atom. The minimum atomic E-state index is -1.11. The summed E-state index contributed by atoms with van der Waals surface area (Å²) in [4.78, 5) is 24.5. The Morgan fingerprint density at radius 2 is 1.69 bits per heavy atom. The topological polar surface area (TPSA) is 94.1 Å². The van der Waals surface area contributed by atoms with Gasteiger partial charge in [0.1, 0.15) is 0 Å². The number of allylic oxidation sites excluding steroid dienone is 2. The van der Waals surface area contributed by atoms with Gasteiger partial charge < -0.3 is 24.6 Å². The summed E-state index contributed by atoms with van der Waals surface area (Å²) in [5, 5.41) is 12.7. The lowest BCUT2D eigenvalue weighted by Gasteiger charge is -2.30. The van der Waals surface area contributed by atoms with Crippen molar-refractivity contribution in [1.82, 2.24) is 5.32 Å². The first-order valence-electron chi connectivity index (χ1n) is 8.16. The summed E-state index contributed by atoms with van der Waals surface area (Å²) in [5.41, 5.74) is 1.99. The molecule has 2 N–H and O–H groups in total. The number of hydrogen-bond donors (Lipinski definition) is 2. The lowest BCUT2D eigenvalue weighted by Crippen LogP contribution is -2.31. The standard InChI is InChI=1S/C19H23NO6/c1-6-26-19(23)16-11(3)20-10(2)15(18(21)22)17(16)12-7-8-13(24-4)14(9-12)25-5/h7-9,17,20H,6H2,1-5H3,(H,21,22). The summed E-state index contributed by atoms with van der Waals surface area (Å²) in [7, 11) is 3.01. The van der Waals surface area contributed by atoms with Crippen LogP contribution in [0.15, 0.2) is 40.7 Å². The number of hydrogen-bond acceptors (Lipinski definition) is 6. The molecule has 1 aliphatic heterocycles. The second-order valence-corrected chi connectivity index (χ2v) is 5.78. The highest BCUT2D eigenvalue weighted by atomic mass is 16.5. The largest absolute Gasteiger partial charge is 0.493 e. The molecule has 0 fully saturated rings. The molecule has 140 valence electrons. The second kappa shape index (κ2) is 7.95. The van der Waals surface area contributed by atoms with Gasteiger partial charge in [-0.1, -0.05) is 6.07 Å². The maximum atomic E-state index is 12.6. The van der Waals surface area contributed by atoms with E-state index in [1.54, 1.807) is 39.0 Å². The quantitative estimate of drug-likeness (QED) is 0.752. The van der Waals surface area contributed by atoms with Gasteiger partial charge in [-0.15, -0.1) is 0 Å².